The monoisotopic (exact) mass is 304 g/mol. The number of carbonyl (C=O) groups excluding carboxylic acids is 1. The van der Waals surface area contributed by atoms with Crippen LogP contribution in [0.3, 0.4) is 0 Å². The molecule has 1 aliphatic carbocycles. The fourth-order valence-corrected chi connectivity index (χ4v) is 3.21. The number of fused-ring (bicyclic) bond motifs is 3. The summed E-state index contributed by atoms with van der Waals surface area (Å²) < 4.78 is 1.80. The second kappa shape index (κ2) is 4.98. The van der Waals surface area contributed by atoms with E-state index in [1.54, 1.807) is 4.68 Å². The number of anilines is 1. The predicted molar refractivity (Wildman–Crippen MR) is 89.3 cm³/mol. The van der Waals surface area contributed by atoms with Crippen molar-refractivity contribution in [2.75, 3.05) is 5.73 Å². The van der Waals surface area contributed by atoms with Gasteiger partial charge >= 0.3 is 0 Å². The van der Waals surface area contributed by atoms with Crippen LogP contribution in [-0.2, 0) is 12.8 Å². The Morgan fingerprint density at radius 2 is 1.87 bits per heavy atom. The van der Waals surface area contributed by atoms with E-state index in [1.807, 2.05) is 48.5 Å². The van der Waals surface area contributed by atoms with Crippen molar-refractivity contribution in [3.8, 4) is 16.9 Å². The number of benzene rings is 2. The number of nitrogens with two attached hydrogens (primary N) is 2. The molecule has 5 nitrogen and oxygen atoms in total. The molecule has 1 amide bonds. The Morgan fingerprint density at radius 1 is 1.09 bits per heavy atom. The van der Waals surface area contributed by atoms with Crippen LogP contribution in [0.5, 0.6) is 0 Å². The number of aromatic nitrogens is 2. The minimum atomic E-state index is -0.497. The maximum Gasteiger partial charge on any atom is 0.269 e. The highest BCUT2D eigenvalue weighted by atomic mass is 16.1. The highest BCUT2D eigenvalue weighted by molar-refractivity contribution is 5.95. The number of nitrogen functional groups attached to an aromatic ring is 1. The number of primary amides is 1. The molecule has 0 saturated carbocycles. The molecule has 5 heteroatoms. The van der Waals surface area contributed by atoms with Crippen molar-refractivity contribution in [2.24, 2.45) is 5.73 Å². The Labute approximate surface area is 133 Å². The summed E-state index contributed by atoms with van der Waals surface area (Å²) >= 11 is 0. The smallest absolute Gasteiger partial charge is 0.269 e. The lowest BCUT2D eigenvalue weighted by molar-refractivity contribution is 0.0994. The zero-order valence-electron chi connectivity index (χ0n) is 12.5. The molecule has 1 aromatic heterocycles. The standard InChI is InChI=1S/C18H16N4O/c19-12-8-6-11-7-9-14-16(18(20)23)21-22(17(14)15(11)10-12)13-4-2-1-3-5-13/h1-6,8,10H,7,9,19H2,(H2,20,23). The highest BCUT2D eigenvalue weighted by Crippen LogP contribution is 2.37. The van der Waals surface area contributed by atoms with Crippen molar-refractivity contribution in [3.63, 3.8) is 0 Å². The molecule has 2 aromatic carbocycles. The molecule has 0 fully saturated rings. The minimum absolute atomic E-state index is 0.344. The number of aryl methyl sites for hydroxylation is 1. The lowest BCUT2D eigenvalue weighted by Crippen LogP contribution is -2.15. The minimum Gasteiger partial charge on any atom is -0.399 e. The van der Waals surface area contributed by atoms with E-state index in [9.17, 15) is 4.79 Å². The van der Waals surface area contributed by atoms with Gasteiger partial charge in [-0.3, -0.25) is 4.79 Å². The van der Waals surface area contributed by atoms with E-state index in [4.69, 9.17) is 11.5 Å². The highest BCUT2D eigenvalue weighted by Gasteiger charge is 2.27. The second-order valence-electron chi connectivity index (χ2n) is 5.70. The number of para-hydroxylation sites is 1. The third-order valence-corrected chi connectivity index (χ3v) is 4.25. The summed E-state index contributed by atoms with van der Waals surface area (Å²) in [7, 11) is 0. The first-order valence-corrected chi connectivity index (χ1v) is 7.51. The van der Waals surface area contributed by atoms with Gasteiger partial charge in [0.2, 0.25) is 0 Å². The van der Waals surface area contributed by atoms with Crippen LogP contribution in [0.2, 0.25) is 0 Å². The Hall–Kier alpha value is -3.08. The van der Waals surface area contributed by atoms with Crippen LogP contribution in [0.4, 0.5) is 5.69 Å². The fraction of sp³-hybridized carbons (Fsp3) is 0.111. The Morgan fingerprint density at radius 3 is 2.61 bits per heavy atom. The Balaban J connectivity index is 2.05. The number of hydrogen-bond acceptors (Lipinski definition) is 3. The summed E-state index contributed by atoms with van der Waals surface area (Å²) in [5, 5.41) is 4.49. The van der Waals surface area contributed by atoms with E-state index in [0.717, 1.165) is 35.3 Å². The predicted octanol–water partition coefficient (Wildman–Crippen LogP) is 2.32. The van der Waals surface area contributed by atoms with Crippen molar-refractivity contribution in [2.45, 2.75) is 12.8 Å². The molecular weight excluding hydrogens is 288 g/mol. The van der Waals surface area contributed by atoms with Gasteiger partial charge in [0.25, 0.3) is 5.91 Å². The lowest BCUT2D eigenvalue weighted by Gasteiger charge is -2.19. The van der Waals surface area contributed by atoms with E-state index in [-0.39, 0.29) is 0 Å². The SMILES string of the molecule is NC(=O)c1nn(-c2ccccc2)c2c1CCc1ccc(N)cc1-2. The maximum atomic E-state index is 11.8. The van der Waals surface area contributed by atoms with Crippen molar-refractivity contribution < 1.29 is 4.79 Å². The quantitative estimate of drug-likeness (QED) is 0.712. The molecule has 1 aliphatic rings. The van der Waals surface area contributed by atoms with E-state index < -0.39 is 5.91 Å². The summed E-state index contributed by atoms with van der Waals surface area (Å²) in [5.74, 6) is -0.497. The van der Waals surface area contributed by atoms with Crippen molar-refractivity contribution in [1.29, 1.82) is 0 Å². The molecule has 3 aromatic rings. The van der Waals surface area contributed by atoms with Crippen molar-refractivity contribution >= 4 is 11.6 Å². The van der Waals surface area contributed by atoms with Crippen molar-refractivity contribution in [1.82, 2.24) is 9.78 Å². The average Bonchev–Trinajstić information content (AvgIpc) is 2.96. The van der Waals surface area contributed by atoms with Gasteiger partial charge in [-0.2, -0.15) is 5.10 Å². The van der Waals surface area contributed by atoms with E-state index in [2.05, 4.69) is 5.10 Å². The van der Waals surface area contributed by atoms with Crippen LogP contribution in [0.1, 0.15) is 21.6 Å². The molecule has 4 rings (SSSR count). The first-order valence-electron chi connectivity index (χ1n) is 7.51. The maximum absolute atomic E-state index is 11.8. The van der Waals surface area contributed by atoms with E-state index in [0.29, 0.717) is 11.4 Å². The molecule has 4 N–H and O–H groups in total. The van der Waals surface area contributed by atoms with Crippen LogP contribution >= 0.6 is 0 Å². The topological polar surface area (TPSA) is 86.9 Å². The van der Waals surface area contributed by atoms with E-state index >= 15 is 0 Å². The van der Waals surface area contributed by atoms with Gasteiger partial charge in [-0.25, -0.2) is 4.68 Å². The van der Waals surface area contributed by atoms with Crippen LogP contribution in [0.15, 0.2) is 48.5 Å². The molecule has 0 unspecified atom stereocenters. The molecule has 0 saturated heterocycles. The van der Waals surface area contributed by atoms with Crippen LogP contribution in [-0.4, -0.2) is 15.7 Å². The summed E-state index contributed by atoms with van der Waals surface area (Å²) in [6.45, 7) is 0. The van der Waals surface area contributed by atoms with Gasteiger partial charge in [-0.1, -0.05) is 24.3 Å². The van der Waals surface area contributed by atoms with Crippen molar-refractivity contribution in [3.05, 3.63) is 65.4 Å². The summed E-state index contributed by atoms with van der Waals surface area (Å²) in [6.07, 6.45) is 1.60. The number of hydrogen-bond donors (Lipinski definition) is 2. The molecule has 0 spiro atoms. The fourth-order valence-electron chi connectivity index (χ4n) is 3.21. The van der Waals surface area contributed by atoms with Crippen LogP contribution in [0.25, 0.3) is 16.9 Å². The summed E-state index contributed by atoms with van der Waals surface area (Å²) in [6, 6.07) is 15.6. The normalized spacial score (nSPS) is 12.5. The summed E-state index contributed by atoms with van der Waals surface area (Å²) in [4.78, 5) is 11.8. The third kappa shape index (κ3) is 2.09. The first-order chi connectivity index (χ1) is 11.1. The van der Waals surface area contributed by atoms with E-state index in [1.165, 1.54) is 5.56 Å². The average molecular weight is 304 g/mol. The second-order valence-corrected chi connectivity index (χ2v) is 5.70. The molecule has 1 heterocycles. The van der Waals surface area contributed by atoms with Gasteiger partial charge in [0.1, 0.15) is 0 Å². The largest absolute Gasteiger partial charge is 0.399 e. The number of nitrogens with zero attached hydrogens (tertiary/aromatic N) is 2. The van der Waals surface area contributed by atoms with Crippen LogP contribution < -0.4 is 11.5 Å². The van der Waals surface area contributed by atoms with Gasteiger partial charge in [0, 0.05) is 16.8 Å². The van der Waals surface area contributed by atoms with Gasteiger partial charge < -0.3 is 11.5 Å². The van der Waals surface area contributed by atoms with Gasteiger partial charge in [-0.05, 0) is 42.7 Å². The first kappa shape index (κ1) is 13.6. The molecule has 114 valence electrons. The molecule has 0 aliphatic heterocycles. The zero-order valence-corrected chi connectivity index (χ0v) is 12.5. The van der Waals surface area contributed by atoms with Gasteiger partial charge in [-0.15, -0.1) is 0 Å². The molecular formula is C18H16N4O. The van der Waals surface area contributed by atoms with Gasteiger partial charge in [0.05, 0.1) is 11.4 Å². The Kier molecular flexibility index (Phi) is 2.94. The molecule has 0 bridgehead atoms. The number of carbonyl (C=O) groups is 1. The third-order valence-electron chi connectivity index (χ3n) is 4.25. The van der Waals surface area contributed by atoms with Crippen LogP contribution in [0, 0.1) is 0 Å². The number of rotatable bonds is 2. The molecule has 0 atom stereocenters. The zero-order chi connectivity index (χ0) is 16.0. The Bertz CT molecular complexity index is 912. The molecule has 0 radical (unpaired) electrons. The van der Waals surface area contributed by atoms with Gasteiger partial charge in [0.15, 0.2) is 5.69 Å². The number of amides is 1. The summed E-state index contributed by atoms with van der Waals surface area (Å²) in [5.41, 5.74) is 17.5. The lowest BCUT2D eigenvalue weighted by atomic mass is 9.88. The molecule has 23 heavy (non-hydrogen) atoms.